The van der Waals surface area contributed by atoms with Gasteiger partial charge in [0.15, 0.2) is 5.78 Å². The number of nitrogens with one attached hydrogen (secondary N) is 1. The van der Waals surface area contributed by atoms with Crippen LogP contribution in [0.4, 0.5) is 0 Å². The highest BCUT2D eigenvalue weighted by atomic mass is 35.5. The molecule has 132 valence electrons. The van der Waals surface area contributed by atoms with Crippen LogP contribution in [0.1, 0.15) is 39.2 Å². The molecule has 6 heteroatoms. The van der Waals surface area contributed by atoms with Gasteiger partial charge >= 0.3 is 0 Å². The first-order valence-corrected chi connectivity index (χ1v) is 8.33. The third-order valence-electron chi connectivity index (χ3n) is 4.31. The summed E-state index contributed by atoms with van der Waals surface area (Å²) in [6.07, 6.45) is 0. The quantitative estimate of drug-likeness (QED) is 0.827. The van der Waals surface area contributed by atoms with Gasteiger partial charge in [0, 0.05) is 35.8 Å². The molecule has 1 heterocycles. The van der Waals surface area contributed by atoms with E-state index in [4.69, 9.17) is 11.6 Å². The maximum Gasteiger partial charge on any atom is 0.254 e. The molecule has 1 unspecified atom stereocenters. The molecule has 0 aliphatic carbocycles. The Kier molecular flexibility index (Phi) is 6.59. The number of piperazine rings is 1. The highest BCUT2D eigenvalue weighted by Crippen LogP contribution is 2.29. The summed E-state index contributed by atoms with van der Waals surface area (Å²) in [7, 11) is 0. The first-order valence-electron chi connectivity index (χ1n) is 7.95. The summed E-state index contributed by atoms with van der Waals surface area (Å²) in [5, 5.41) is 3.99. The minimum atomic E-state index is -0.104. The fourth-order valence-electron chi connectivity index (χ4n) is 2.98. The van der Waals surface area contributed by atoms with Crippen molar-refractivity contribution in [2.75, 3.05) is 19.6 Å². The summed E-state index contributed by atoms with van der Waals surface area (Å²) in [4.78, 5) is 26.2. The molecule has 1 atom stereocenters. The summed E-state index contributed by atoms with van der Waals surface area (Å²) in [5.74, 6) is -0.0540. The first-order chi connectivity index (χ1) is 11.6. The Morgan fingerprint density at radius 2 is 1.72 bits per heavy atom. The number of carbonyl (C=O) groups is 2. The molecule has 0 aromatic heterocycles. The molecule has 0 saturated carbocycles. The largest absolute Gasteiger partial charge is 0.329 e. The summed E-state index contributed by atoms with van der Waals surface area (Å²) in [6.45, 7) is 3.54. The number of hydrogen-bond acceptors (Lipinski definition) is 3. The molecule has 4 nitrogen and oxygen atoms in total. The molecule has 0 radical (unpaired) electrons. The zero-order valence-electron chi connectivity index (χ0n) is 13.9. The van der Waals surface area contributed by atoms with Gasteiger partial charge in [-0.1, -0.05) is 41.9 Å². The zero-order chi connectivity index (χ0) is 17.1. The molecule has 1 fully saturated rings. The van der Waals surface area contributed by atoms with Crippen molar-refractivity contribution in [3.63, 3.8) is 0 Å². The van der Waals surface area contributed by atoms with Crippen molar-refractivity contribution >= 4 is 35.7 Å². The number of Topliss-reactive ketones (excluding diaryl/α,β-unsaturated/α-hetero) is 1. The van der Waals surface area contributed by atoms with Crippen molar-refractivity contribution in [1.29, 1.82) is 0 Å². The lowest BCUT2D eigenvalue weighted by Gasteiger charge is -2.37. The number of ketones is 1. The van der Waals surface area contributed by atoms with Gasteiger partial charge in [-0.25, -0.2) is 0 Å². The number of rotatable bonds is 3. The maximum absolute atomic E-state index is 12.9. The van der Waals surface area contributed by atoms with Gasteiger partial charge in [0.1, 0.15) is 0 Å². The van der Waals surface area contributed by atoms with Crippen molar-refractivity contribution in [3.05, 3.63) is 70.2 Å². The predicted molar refractivity (Wildman–Crippen MR) is 102 cm³/mol. The Labute approximate surface area is 158 Å². The average Bonchev–Trinajstić information content (AvgIpc) is 2.62. The molecule has 0 spiro atoms. The Balaban J connectivity index is 0.00000225. The lowest BCUT2D eigenvalue weighted by atomic mass is 10.0. The Bertz CT molecular complexity index is 762. The van der Waals surface area contributed by atoms with Gasteiger partial charge in [-0.15, -0.1) is 12.4 Å². The van der Waals surface area contributed by atoms with Crippen molar-refractivity contribution in [3.8, 4) is 0 Å². The van der Waals surface area contributed by atoms with Gasteiger partial charge in [0.2, 0.25) is 0 Å². The van der Waals surface area contributed by atoms with E-state index >= 15 is 0 Å². The normalized spacial score (nSPS) is 16.9. The minimum Gasteiger partial charge on any atom is -0.329 e. The van der Waals surface area contributed by atoms with Gasteiger partial charge in [-0.2, -0.15) is 0 Å². The Morgan fingerprint density at radius 3 is 2.36 bits per heavy atom. The van der Waals surface area contributed by atoms with E-state index in [0.29, 0.717) is 29.2 Å². The van der Waals surface area contributed by atoms with Gasteiger partial charge in [0.05, 0.1) is 6.04 Å². The molecule has 1 aliphatic heterocycles. The van der Waals surface area contributed by atoms with Crippen molar-refractivity contribution < 1.29 is 9.59 Å². The predicted octanol–water partition coefficient (Wildman–Crippen LogP) is 3.75. The van der Waals surface area contributed by atoms with E-state index in [2.05, 4.69) is 5.32 Å². The highest BCUT2D eigenvalue weighted by Gasteiger charge is 2.29. The van der Waals surface area contributed by atoms with E-state index in [1.165, 1.54) is 6.92 Å². The van der Waals surface area contributed by atoms with Gasteiger partial charge in [-0.05, 0) is 30.7 Å². The zero-order valence-corrected chi connectivity index (χ0v) is 15.4. The number of amides is 1. The van der Waals surface area contributed by atoms with Crippen LogP contribution in [0.2, 0.25) is 5.02 Å². The van der Waals surface area contributed by atoms with E-state index in [0.717, 1.165) is 12.1 Å². The molecular formula is C19H20Cl2N2O2. The number of nitrogens with zero attached hydrogens (tertiary/aromatic N) is 1. The summed E-state index contributed by atoms with van der Waals surface area (Å²) < 4.78 is 0. The lowest BCUT2D eigenvalue weighted by Crippen LogP contribution is -2.48. The molecular weight excluding hydrogens is 359 g/mol. The molecule has 1 amide bonds. The van der Waals surface area contributed by atoms with Crippen LogP contribution in [0.25, 0.3) is 0 Å². The number of carbonyl (C=O) groups excluding carboxylic acids is 2. The molecule has 1 aliphatic rings. The second-order valence-corrected chi connectivity index (χ2v) is 6.28. The summed E-state index contributed by atoms with van der Waals surface area (Å²) in [5.41, 5.74) is 2.13. The lowest BCUT2D eigenvalue weighted by molar-refractivity contribution is 0.0634. The van der Waals surface area contributed by atoms with E-state index in [-0.39, 0.29) is 30.1 Å². The van der Waals surface area contributed by atoms with Gasteiger partial charge in [0.25, 0.3) is 5.91 Å². The summed E-state index contributed by atoms with van der Waals surface area (Å²) >= 11 is 6.33. The molecule has 2 aromatic rings. The SMILES string of the molecule is CC(=O)c1ccc(C(=O)N2CCNCC2c2ccccc2Cl)cc1.Cl. The van der Waals surface area contributed by atoms with Crippen LogP contribution < -0.4 is 5.32 Å². The fraction of sp³-hybridized carbons (Fsp3) is 0.263. The Hall–Kier alpha value is -1.88. The smallest absolute Gasteiger partial charge is 0.254 e. The molecule has 1 N–H and O–H groups in total. The van der Waals surface area contributed by atoms with Crippen LogP contribution in [0.3, 0.4) is 0 Å². The Morgan fingerprint density at radius 1 is 1.08 bits per heavy atom. The van der Waals surface area contributed by atoms with Crippen molar-refractivity contribution in [2.45, 2.75) is 13.0 Å². The fourth-order valence-corrected chi connectivity index (χ4v) is 3.25. The average molecular weight is 379 g/mol. The summed E-state index contributed by atoms with van der Waals surface area (Å²) in [6, 6.07) is 14.3. The number of halogens is 2. The molecule has 0 bridgehead atoms. The second kappa shape index (κ2) is 8.48. The van der Waals surface area contributed by atoms with Crippen LogP contribution in [-0.4, -0.2) is 36.2 Å². The highest BCUT2D eigenvalue weighted by molar-refractivity contribution is 6.31. The second-order valence-electron chi connectivity index (χ2n) is 5.87. The van der Waals surface area contributed by atoms with Crippen LogP contribution >= 0.6 is 24.0 Å². The van der Waals surface area contributed by atoms with Crippen molar-refractivity contribution in [1.82, 2.24) is 10.2 Å². The van der Waals surface area contributed by atoms with E-state index < -0.39 is 0 Å². The standard InChI is InChI=1S/C19H19ClN2O2.ClH/c1-13(23)14-6-8-15(9-7-14)19(24)22-11-10-21-12-18(22)16-4-2-3-5-17(16)20;/h2-9,18,21H,10-12H2,1H3;1H. The van der Waals surface area contributed by atoms with E-state index in [9.17, 15) is 9.59 Å². The number of benzene rings is 2. The third-order valence-corrected chi connectivity index (χ3v) is 4.65. The van der Waals surface area contributed by atoms with E-state index in [1.54, 1.807) is 24.3 Å². The topological polar surface area (TPSA) is 49.4 Å². The first kappa shape index (κ1) is 19.4. The minimum absolute atomic E-state index is 0. The molecule has 2 aromatic carbocycles. The van der Waals surface area contributed by atoms with Crippen LogP contribution in [0.15, 0.2) is 48.5 Å². The maximum atomic E-state index is 12.9. The van der Waals surface area contributed by atoms with E-state index in [1.807, 2.05) is 29.2 Å². The molecule has 3 rings (SSSR count). The van der Waals surface area contributed by atoms with Gasteiger partial charge in [-0.3, -0.25) is 9.59 Å². The third kappa shape index (κ3) is 4.21. The molecule has 25 heavy (non-hydrogen) atoms. The van der Waals surface area contributed by atoms with Crippen LogP contribution in [0, 0.1) is 0 Å². The molecule has 1 saturated heterocycles. The monoisotopic (exact) mass is 378 g/mol. The van der Waals surface area contributed by atoms with Gasteiger partial charge < -0.3 is 10.2 Å². The van der Waals surface area contributed by atoms with Crippen LogP contribution in [-0.2, 0) is 0 Å². The number of hydrogen-bond donors (Lipinski definition) is 1. The van der Waals surface area contributed by atoms with Crippen molar-refractivity contribution in [2.24, 2.45) is 0 Å². The van der Waals surface area contributed by atoms with Crippen LogP contribution in [0.5, 0.6) is 0 Å².